The first-order valence-electron chi connectivity index (χ1n) is 7.49. The molecule has 0 atom stereocenters. The van der Waals surface area contributed by atoms with Crippen molar-refractivity contribution in [2.75, 3.05) is 21.3 Å². The molecular formula is C13H13N9O6. The SMILES string of the molecule is COC(=O)c1cn(C(n2cc(C(=O)OC)nn2)n2cc(C(=O)OC)nn2)nn1. The van der Waals surface area contributed by atoms with E-state index in [4.69, 9.17) is 0 Å². The van der Waals surface area contributed by atoms with Crippen molar-refractivity contribution in [2.45, 2.75) is 6.29 Å². The first kappa shape index (κ1) is 18.6. The van der Waals surface area contributed by atoms with Crippen LogP contribution in [0.1, 0.15) is 37.8 Å². The van der Waals surface area contributed by atoms with Gasteiger partial charge < -0.3 is 14.2 Å². The third-order valence-electron chi connectivity index (χ3n) is 3.42. The van der Waals surface area contributed by atoms with Gasteiger partial charge in [-0.1, -0.05) is 15.6 Å². The van der Waals surface area contributed by atoms with Gasteiger partial charge in [-0.05, 0) is 0 Å². The van der Waals surface area contributed by atoms with Crippen LogP contribution in [0.4, 0.5) is 0 Å². The van der Waals surface area contributed by atoms with Crippen molar-refractivity contribution in [2.24, 2.45) is 0 Å². The fraction of sp³-hybridized carbons (Fsp3) is 0.308. The Kier molecular flexibility index (Phi) is 5.05. The maximum atomic E-state index is 11.7. The van der Waals surface area contributed by atoms with Crippen molar-refractivity contribution in [3.63, 3.8) is 0 Å². The standard InChI is InChI=1S/C13H13N9O6/c1-26-10(23)7-4-20(17-14-7)13(21-5-8(15-18-21)11(24)27-2)22-6-9(16-19-22)12(25)28-3/h4-6,13H,1-3H3. The number of rotatable bonds is 6. The summed E-state index contributed by atoms with van der Waals surface area (Å²) < 4.78 is 17.3. The molecule has 0 bridgehead atoms. The number of hydrogen-bond acceptors (Lipinski definition) is 12. The fourth-order valence-corrected chi connectivity index (χ4v) is 2.13. The van der Waals surface area contributed by atoms with Crippen LogP contribution >= 0.6 is 0 Å². The molecule has 0 aromatic carbocycles. The highest BCUT2D eigenvalue weighted by atomic mass is 16.5. The molecular weight excluding hydrogens is 378 g/mol. The third kappa shape index (κ3) is 3.39. The lowest BCUT2D eigenvalue weighted by atomic mass is 10.5. The van der Waals surface area contributed by atoms with Crippen LogP contribution in [0.5, 0.6) is 0 Å². The number of carbonyl (C=O) groups is 3. The summed E-state index contributed by atoms with van der Waals surface area (Å²) in [4.78, 5) is 35.0. The quantitative estimate of drug-likeness (QED) is 0.347. The number of ether oxygens (including phenoxy) is 3. The van der Waals surface area contributed by atoms with Gasteiger partial charge in [0.1, 0.15) is 0 Å². The van der Waals surface area contributed by atoms with E-state index in [0.29, 0.717) is 0 Å². The highest BCUT2D eigenvalue weighted by Gasteiger charge is 2.25. The van der Waals surface area contributed by atoms with Crippen molar-refractivity contribution in [1.29, 1.82) is 0 Å². The average molecular weight is 391 g/mol. The summed E-state index contributed by atoms with van der Waals surface area (Å²) in [7, 11) is 3.58. The number of hydrogen-bond donors (Lipinski definition) is 0. The normalized spacial score (nSPS) is 10.7. The Bertz CT molecular complexity index is 892. The minimum Gasteiger partial charge on any atom is -0.464 e. The number of aromatic nitrogens is 9. The van der Waals surface area contributed by atoms with Crippen molar-refractivity contribution < 1.29 is 28.6 Å². The van der Waals surface area contributed by atoms with Gasteiger partial charge in [0.2, 0.25) is 6.29 Å². The largest absolute Gasteiger partial charge is 0.464 e. The molecule has 0 spiro atoms. The molecule has 0 aliphatic heterocycles. The maximum absolute atomic E-state index is 11.7. The third-order valence-corrected chi connectivity index (χ3v) is 3.42. The summed E-state index contributed by atoms with van der Waals surface area (Å²) in [6.45, 7) is 0. The van der Waals surface area contributed by atoms with Gasteiger partial charge in [-0.25, -0.2) is 28.4 Å². The van der Waals surface area contributed by atoms with E-state index in [1.54, 1.807) is 0 Å². The smallest absolute Gasteiger partial charge is 0.360 e. The van der Waals surface area contributed by atoms with E-state index in [1.807, 2.05) is 0 Å². The molecule has 28 heavy (non-hydrogen) atoms. The summed E-state index contributed by atoms with van der Waals surface area (Å²) in [6.07, 6.45) is 2.73. The van der Waals surface area contributed by atoms with Crippen LogP contribution in [-0.2, 0) is 14.2 Å². The Balaban J connectivity index is 2.06. The molecule has 0 aliphatic rings. The Morgan fingerprint density at radius 2 is 0.964 bits per heavy atom. The monoisotopic (exact) mass is 391 g/mol. The Labute approximate surface area is 155 Å². The Morgan fingerprint density at radius 3 is 1.21 bits per heavy atom. The first-order valence-corrected chi connectivity index (χ1v) is 7.49. The number of methoxy groups -OCH3 is 3. The highest BCUT2D eigenvalue weighted by Crippen LogP contribution is 2.13. The molecule has 0 N–H and O–H groups in total. The van der Waals surface area contributed by atoms with Crippen LogP contribution in [0, 0.1) is 0 Å². The lowest BCUT2D eigenvalue weighted by Crippen LogP contribution is -2.27. The molecule has 0 saturated carbocycles. The van der Waals surface area contributed by atoms with E-state index in [0.717, 1.165) is 0 Å². The molecule has 3 aromatic heterocycles. The number of esters is 3. The van der Waals surface area contributed by atoms with E-state index < -0.39 is 24.2 Å². The molecule has 0 aliphatic carbocycles. The molecule has 3 heterocycles. The second kappa shape index (κ2) is 7.60. The minimum atomic E-state index is -1.05. The highest BCUT2D eigenvalue weighted by molar-refractivity contribution is 5.87. The van der Waals surface area contributed by atoms with Gasteiger partial charge >= 0.3 is 17.9 Å². The molecule has 0 amide bonds. The average Bonchev–Trinajstić information content (AvgIpc) is 3.47. The van der Waals surface area contributed by atoms with Gasteiger partial charge in [0.25, 0.3) is 0 Å². The summed E-state index contributed by atoms with van der Waals surface area (Å²) in [5.74, 6) is -2.15. The van der Waals surface area contributed by atoms with Gasteiger partial charge in [0.05, 0.1) is 39.9 Å². The minimum absolute atomic E-state index is 0.0888. The second-order valence-electron chi connectivity index (χ2n) is 5.07. The van der Waals surface area contributed by atoms with Crippen molar-refractivity contribution >= 4 is 17.9 Å². The molecule has 0 unspecified atom stereocenters. The van der Waals surface area contributed by atoms with Gasteiger partial charge in [0, 0.05) is 0 Å². The Hall–Kier alpha value is -4.17. The molecule has 0 saturated heterocycles. The molecule has 15 heteroatoms. The zero-order chi connectivity index (χ0) is 20.3. The zero-order valence-corrected chi connectivity index (χ0v) is 14.8. The lowest BCUT2D eigenvalue weighted by Gasteiger charge is -2.16. The first-order chi connectivity index (χ1) is 13.5. The molecule has 146 valence electrons. The van der Waals surface area contributed by atoms with Crippen LogP contribution in [0.15, 0.2) is 18.6 Å². The molecule has 15 nitrogen and oxygen atoms in total. The van der Waals surface area contributed by atoms with Crippen LogP contribution in [-0.4, -0.2) is 84.2 Å². The molecule has 3 aromatic rings. The molecule has 0 radical (unpaired) electrons. The van der Waals surface area contributed by atoms with Crippen molar-refractivity contribution in [3.8, 4) is 0 Å². The van der Waals surface area contributed by atoms with Gasteiger partial charge in [-0.15, -0.1) is 15.3 Å². The predicted octanol–water partition coefficient (Wildman–Crippen LogP) is -1.63. The summed E-state index contributed by atoms with van der Waals surface area (Å²) in [5.41, 5.74) is -0.266. The summed E-state index contributed by atoms with van der Waals surface area (Å²) >= 11 is 0. The molecule has 3 rings (SSSR count). The van der Waals surface area contributed by atoms with Crippen molar-refractivity contribution in [1.82, 2.24) is 45.0 Å². The lowest BCUT2D eigenvalue weighted by molar-refractivity contribution is 0.0585. The van der Waals surface area contributed by atoms with Gasteiger partial charge in [0.15, 0.2) is 17.1 Å². The predicted molar refractivity (Wildman–Crippen MR) is 83.9 cm³/mol. The number of nitrogens with zero attached hydrogens (tertiary/aromatic N) is 9. The maximum Gasteiger partial charge on any atom is 0.360 e. The van der Waals surface area contributed by atoms with Gasteiger partial charge in [-0.3, -0.25) is 0 Å². The van der Waals surface area contributed by atoms with E-state index in [-0.39, 0.29) is 17.1 Å². The van der Waals surface area contributed by atoms with E-state index in [1.165, 1.54) is 54.0 Å². The summed E-state index contributed by atoms with van der Waals surface area (Å²) in [6, 6.07) is 0. The van der Waals surface area contributed by atoms with E-state index in [9.17, 15) is 14.4 Å². The van der Waals surface area contributed by atoms with Crippen LogP contribution in [0.25, 0.3) is 0 Å². The second-order valence-corrected chi connectivity index (χ2v) is 5.07. The zero-order valence-electron chi connectivity index (χ0n) is 14.8. The van der Waals surface area contributed by atoms with Crippen molar-refractivity contribution in [3.05, 3.63) is 35.7 Å². The summed E-state index contributed by atoms with van der Waals surface area (Å²) in [5, 5.41) is 22.7. The van der Waals surface area contributed by atoms with Crippen LogP contribution < -0.4 is 0 Å². The van der Waals surface area contributed by atoms with E-state index >= 15 is 0 Å². The van der Waals surface area contributed by atoms with Crippen LogP contribution in [0.3, 0.4) is 0 Å². The van der Waals surface area contributed by atoms with Crippen LogP contribution in [0.2, 0.25) is 0 Å². The fourth-order valence-electron chi connectivity index (χ4n) is 2.13. The topological polar surface area (TPSA) is 171 Å². The van der Waals surface area contributed by atoms with Gasteiger partial charge in [-0.2, -0.15) is 0 Å². The number of carbonyl (C=O) groups excluding carboxylic acids is 3. The molecule has 0 fully saturated rings. The Morgan fingerprint density at radius 1 is 0.679 bits per heavy atom. The van der Waals surface area contributed by atoms with E-state index in [2.05, 4.69) is 45.1 Å².